The van der Waals surface area contributed by atoms with Crippen LogP contribution >= 0.6 is 11.8 Å². The van der Waals surface area contributed by atoms with E-state index in [0.29, 0.717) is 5.16 Å². The number of aromatic nitrogens is 4. The molecule has 18 heavy (non-hydrogen) atoms. The van der Waals surface area contributed by atoms with E-state index < -0.39 is 0 Å². The lowest BCUT2D eigenvalue weighted by atomic mass is 10.2. The molecule has 0 atom stereocenters. The quantitative estimate of drug-likeness (QED) is 0.609. The number of carbonyl (C=O) groups excluding carboxylic acids is 1. The van der Waals surface area contributed by atoms with Gasteiger partial charge in [-0.05, 0) is 12.1 Å². The van der Waals surface area contributed by atoms with E-state index in [1.807, 2.05) is 23.7 Å². The maximum Gasteiger partial charge on any atom is 0.316 e. The van der Waals surface area contributed by atoms with Crippen LogP contribution in [-0.2, 0) is 16.6 Å². The summed E-state index contributed by atoms with van der Waals surface area (Å²) in [4.78, 5) is 15.0. The Balaban J connectivity index is 2.17. The van der Waals surface area contributed by atoms with E-state index in [4.69, 9.17) is 0 Å². The van der Waals surface area contributed by atoms with E-state index in [1.165, 1.54) is 18.9 Å². The van der Waals surface area contributed by atoms with E-state index in [9.17, 15) is 4.79 Å². The number of thioether (sulfide) groups is 1. The molecule has 0 aliphatic carbocycles. The third kappa shape index (κ3) is 2.67. The van der Waals surface area contributed by atoms with E-state index in [2.05, 4.69) is 19.9 Å². The van der Waals surface area contributed by atoms with Gasteiger partial charge in [0.15, 0.2) is 11.0 Å². The molecule has 0 aliphatic heterocycles. The fourth-order valence-corrected chi connectivity index (χ4v) is 2.12. The maximum absolute atomic E-state index is 11.1. The molecule has 0 saturated heterocycles. The Morgan fingerprint density at radius 3 is 2.78 bits per heavy atom. The van der Waals surface area contributed by atoms with Gasteiger partial charge in [-0.2, -0.15) is 0 Å². The molecular formula is C11H12N4O2S. The number of pyridine rings is 1. The minimum absolute atomic E-state index is 0.221. The number of hydrogen-bond donors (Lipinski definition) is 0. The van der Waals surface area contributed by atoms with Crippen LogP contribution in [0, 0.1) is 0 Å². The predicted octanol–water partition coefficient (Wildman–Crippen LogP) is 1.14. The summed E-state index contributed by atoms with van der Waals surface area (Å²) in [7, 11) is 3.22. The number of nitrogens with zero attached hydrogens (tertiary/aromatic N) is 4. The van der Waals surface area contributed by atoms with Crippen molar-refractivity contribution in [2.75, 3.05) is 12.9 Å². The first-order valence-electron chi connectivity index (χ1n) is 5.21. The summed E-state index contributed by atoms with van der Waals surface area (Å²) in [6.45, 7) is 0. The van der Waals surface area contributed by atoms with Gasteiger partial charge < -0.3 is 9.30 Å². The largest absolute Gasteiger partial charge is 0.468 e. The van der Waals surface area contributed by atoms with Crippen molar-refractivity contribution in [1.82, 2.24) is 19.7 Å². The van der Waals surface area contributed by atoms with Gasteiger partial charge in [-0.1, -0.05) is 11.8 Å². The number of esters is 1. The Hall–Kier alpha value is -1.89. The molecule has 0 radical (unpaired) electrons. The van der Waals surface area contributed by atoms with Crippen LogP contribution in [0.5, 0.6) is 0 Å². The van der Waals surface area contributed by atoms with Gasteiger partial charge in [0.2, 0.25) is 0 Å². The van der Waals surface area contributed by atoms with Crippen LogP contribution < -0.4 is 0 Å². The maximum atomic E-state index is 11.1. The Morgan fingerprint density at radius 1 is 1.39 bits per heavy atom. The number of carbonyl (C=O) groups is 1. The van der Waals surface area contributed by atoms with Gasteiger partial charge in [-0.15, -0.1) is 10.2 Å². The van der Waals surface area contributed by atoms with Gasteiger partial charge in [0, 0.05) is 25.0 Å². The lowest BCUT2D eigenvalue weighted by molar-refractivity contribution is -0.137. The van der Waals surface area contributed by atoms with Crippen molar-refractivity contribution in [3.8, 4) is 11.4 Å². The van der Waals surface area contributed by atoms with Crippen LogP contribution in [0.1, 0.15) is 0 Å². The first kappa shape index (κ1) is 12.6. The minimum atomic E-state index is -0.284. The second-order valence-electron chi connectivity index (χ2n) is 3.47. The van der Waals surface area contributed by atoms with Crippen molar-refractivity contribution >= 4 is 17.7 Å². The van der Waals surface area contributed by atoms with E-state index in [-0.39, 0.29) is 11.7 Å². The molecular weight excluding hydrogens is 252 g/mol. The molecule has 2 rings (SSSR count). The molecule has 0 aromatic carbocycles. The molecule has 0 N–H and O–H groups in total. The van der Waals surface area contributed by atoms with Gasteiger partial charge in [0.05, 0.1) is 12.9 Å². The molecule has 0 saturated carbocycles. The highest BCUT2D eigenvalue weighted by Crippen LogP contribution is 2.21. The first-order chi connectivity index (χ1) is 8.72. The molecule has 0 aliphatic rings. The molecule has 0 amide bonds. The van der Waals surface area contributed by atoms with Crippen LogP contribution in [0.4, 0.5) is 0 Å². The number of hydrogen-bond acceptors (Lipinski definition) is 6. The fraction of sp³-hybridized carbons (Fsp3) is 0.273. The molecule has 94 valence electrons. The summed E-state index contributed by atoms with van der Waals surface area (Å²) in [5.41, 5.74) is 0.935. The van der Waals surface area contributed by atoms with Crippen LogP contribution in [-0.4, -0.2) is 38.6 Å². The van der Waals surface area contributed by atoms with Gasteiger partial charge in [0.25, 0.3) is 0 Å². The van der Waals surface area contributed by atoms with Gasteiger partial charge in [0.1, 0.15) is 0 Å². The molecule has 0 bridgehead atoms. The van der Waals surface area contributed by atoms with Crippen molar-refractivity contribution < 1.29 is 9.53 Å². The van der Waals surface area contributed by atoms with Crippen LogP contribution in [0.3, 0.4) is 0 Å². The summed E-state index contributed by atoms with van der Waals surface area (Å²) < 4.78 is 6.41. The van der Waals surface area contributed by atoms with E-state index in [0.717, 1.165) is 11.4 Å². The van der Waals surface area contributed by atoms with Crippen molar-refractivity contribution in [2.24, 2.45) is 7.05 Å². The summed E-state index contributed by atoms with van der Waals surface area (Å²) in [6, 6.07) is 3.72. The number of methoxy groups -OCH3 is 1. The predicted molar refractivity (Wildman–Crippen MR) is 67.0 cm³/mol. The number of rotatable bonds is 4. The highest BCUT2D eigenvalue weighted by molar-refractivity contribution is 7.99. The van der Waals surface area contributed by atoms with Crippen molar-refractivity contribution in [3.05, 3.63) is 24.5 Å². The third-order valence-corrected chi connectivity index (χ3v) is 3.31. The molecule has 0 spiro atoms. The minimum Gasteiger partial charge on any atom is -0.468 e. The smallest absolute Gasteiger partial charge is 0.316 e. The monoisotopic (exact) mass is 264 g/mol. The molecule has 7 heteroatoms. The third-order valence-electron chi connectivity index (χ3n) is 2.32. The fourth-order valence-electron chi connectivity index (χ4n) is 1.38. The Bertz CT molecular complexity index is 541. The normalized spacial score (nSPS) is 10.3. The van der Waals surface area contributed by atoms with Crippen molar-refractivity contribution in [2.45, 2.75) is 5.16 Å². The molecule has 2 heterocycles. The van der Waals surface area contributed by atoms with Crippen molar-refractivity contribution in [1.29, 1.82) is 0 Å². The molecule has 2 aromatic rings. The molecule has 6 nitrogen and oxygen atoms in total. The standard InChI is InChI=1S/C11H12N4O2S/c1-15-10(8-3-5-12-6-4-8)13-14-11(15)18-7-9(16)17-2/h3-6H,7H2,1-2H3. The van der Waals surface area contributed by atoms with Gasteiger partial charge in [-0.3, -0.25) is 9.78 Å². The SMILES string of the molecule is COC(=O)CSc1nnc(-c2ccncc2)n1C. The van der Waals surface area contributed by atoms with Crippen LogP contribution in [0.15, 0.2) is 29.7 Å². The van der Waals surface area contributed by atoms with Crippen LogP contribution in [0.25, 0.3) is 11.4 Å². The zero-order chi connectivity index (χ0) is 13.0. The Morgan fingerprint density at radius 2 is 2.11 bits per heavy atom. The van der Waals surface area contributed by atoms with Crippen LogP contribution in [0.2, 0.25) is 0 Å². The van der Waals surface area contributed by atoms with Gasteiger partial charge in [-0.25, -0.2) is 0 Å². The summed E-state index contributed by atoms with van der Waals surface area (Å²) in [6.07, 6.45) is 3.40. The second kappa shape index (κ2) is 5.63. The molecule has 0 unspecified atom stereocenters. The first-order valence-corrected chi connectivity index (χ1v) is 6.20. The lowest BCUT2D eigenvalue weighted by Crippen LogP contribution is -2.04. The van der Waals surface area contributed by atoms with E-state index in [1.54, 1.807) is 12.4 Å². The Kier molecular flexibility index (Phi) is 3.93. The average molecular weight is 264 g/mol. The lowest BCUT2D eigenvalue weighted by Gasteiger charge is -2.02. The topological polar surface area (TPSA) is 69.9 Å². The average Bonchev–Trinajstić information content (AvgIpc) is 2.78. The summed E-state index contributed by atoms with van der Waals surface area (Å²) in [5.74, 6) is 0.678. The number of ether oxygens (including phenoxy) is 1. The van der Waals surface area contributed by atoms with E-state index >= 15 is 0 Å². The van der Waals surface area contributed by atoms with Crippen molar-refractivity contribution in [3.63, 3.8) is 0 Å². The highest BCUT2D eigenvalue weighted by atomic mass is 32.2. The Labute approximate surface area is 108 Å². The molecule has 2 aromatic heterocycles. The zero-order valence-corrected chi connectivity index (χ0v) is 10.8. The second-order valence-corrected chi connectivity index (χ2v) is 4.41. The summed E-state index contributed by atoms with van der Waals surface area (Å²) in [5, 5.41) is 8.82. The zero-order valence-electron chi connectivity index (χ0n) is 10.0. The molecule has 0 fully saturated rings. The summed E-state index contributed by atoms with van der Waals surface area (Å²) >= 11 is 1.29. The highest BCUT2D eigenvalue weighted by Gasteiger charge is 2.12. The van der Waals surface area contributed by atoms with Gasteiger partial charge >= 0.3 is 5.97 Å².